The Morgan fingerprint density at radius 2 is 1.83 bits per heavy atom. The highest BCUT2D eigenvalue weighted by Gasteiger charge is 2.35. The molecule has 2 aliphatic heterocycles. The first kappa shape index (κ1) is 33.8. The van der Waals surface area contributed by atoms with Crippen LogP contribution >= 0.6 is 0 Å². The van der Waals surface area contributed by atoms with Crippen LogP contribution in [-0.4, -0.2) is 85.9 Å². The van der Waals surface area contributed by atoms with Crippen LogP contribution in [0.5, 0.6) is 17.4 Å². The number of amides is 2. The molecule has 2 aliphatic rings. The number of piperidine rings is 1. The molecular weight excluding hydrogens is 605 g/mol. The first-order valence-corrected chi connectivity index (χ1v) is 16.2. The third-order valence-corrected chi connectivity index (χ3v) is 8.35. The monoisotopic (exact) mass is 649 g/mol. The van der Waals surface area contributed by atoms with E-state index in [1.807, 2.05) is 59.4 Å². The van der Waals surface area contributed by atoms with Crippen LogP contribution in [0.1, 0.15) is 89.0 Å². The predicted octanol–water partition coefficient (Wildman–Crippen LogP) is 5.97. The maximum Gasteiger partial charge on any atom is 0.410 e. The zero-order chi connectivity index (χ0) is 33.9. The van der Waals surface area contributed by atoms with Crippen LogP contribution in [0.2, 0.25) is 0 Å². The fraction of sp³-hybridized carbons (Fsp3) is 0.529. The van der Waals surface area contributed by atoms with E-state index in [9.17, 15) is 14.0 Å². The molecule has 0 aliphatic carbocycles. The molecule has 4 heterocycles. The number of aromatic nitrogens is 4. The molecular formula is C34H44FN7O5. The maximum absolute atomic E-state index is 14.3. The summed E-state index contributed by atoms with van der Waals surface area (Å²) in [4.78, 5) is 40.8. The van der Waals surface area contributed by atoms with Crippen molar-refractivity contribution in [2.45, 2.75) is 91.5 Å². The summed E-state index contributed by atoms with van der Waals surface area (Å²) >= 11 is 0. The molecule has 1 fully saturated rings. The normalized spacial score (nSPS) is 16.9. The molecule has 2 amide bonds. The second kappa shape index (κ2) is 14.1. The fourth-order valence-corrected chi connectivity index (χ4v) is 6.06. The van der Waals surface area contributed by atoms with Gasteiger partial charge in [0.05, 0.1) is 17.3 Å². The Kier molecular flexibility index (Phi) is 10.1. The van der Waals surface area contributed by atoms with E-state index in [1.165, 1.54) is 24.5 Å². The SMILES string of the molecule is CCN(C(=O)c1cc(F)ccc1Oc1nncnc1N1CCC(Oc2ccnc3c2C(C)N(C(=O)OC(C)(C)C)CC3)CC1)C(C)C. The minimum Gasteiger partial charge on any atom is -0.490 e. The Bertz CT molecular complexity index is 1590. The van der Waals surface area contributed by atoms with E-state index in [1.54, 1.807) is 16.0 Å². The van der Waals surface area contributed by atoms with Gasteiger partial charge in [0, 0.05) is 63.2 Å². The van der Waals surface area contributed by atoms with Gasteiger partial charge in [0.1, 0.15) is 35.3 Å². The summed E-state index contributed by atoms with van der Waals surface area (Å²) in [6.45, 7) is 15.4. The molecule has 12 nitrogen and oxygen atoms in total. The molecule has 1 aromatic carbocycles. The van der Waals surface area contributed by atoms with Crippen LogP contribution in [0.3, 0.4) is 0 Å². The predicted molar refractivity (Wildman–Crippen MR) is 173 cm³/mol. The number of nitrogens with zero attached hydrogens (tertiary/aromatic N) is 7. The van der Waals surface area contributed by atoms with Crippen molar-refractivity contribution in [3.8, 4) is 17.4 Å². The van der Waals surface area contributed by atoms with E-state index in [-0.39, 0.29) is 47.4 Å². The molecule has 0 spiro atoms. The average Bonchev–Trinajstić information content (AvgIpc) is 3.02. The van der Waals surface area contributed by atoms with Gasteiger partial charge in [-0.25, -0.2) is 14.2 Å². The maximum atomic E-state index is 14.3. The number of hydrogen-bond acceptors (Lipinski definition) is 10. The van der Waals surface area contributed by atoms with Crippen molar-refractivity contribution >= 4 is 17.8 Å². The highest BCUT2D eigenvalue weighted by molar-refractivity contribution is 5.97. The molecule has 252 valence electrons. The number of ether oxygens (including phenoxy) is 3. The van der Waals surface area contributed by atoms with E-state index < -0.39 is 11.4 Å². The van der Waals surface area contributed by atoms with E-state index >= 15 is 0 Å². The molecule has 0 saturated carbocycles. The lowest BCUT2D eigenvalue weighted by Gasteiger charge is -2.38. The van der Waals surface area contributed by atoms with Gasteiger partial charge in [-0.05, 0) is 72.7 Å². The summed E-state index contributed by atoms with van der Waals surface area (Å²) in [5.74, 6) is 0.615. The molecule has 1 unspecified atom stereocenters. The third-order valence-electron chi connectivity index (χ3n) is 8.35. The van der Waals surface area contributed by atoms with Crippen LogP contribution in [0.4, 0.5) is 15.0 Å². The summed E-state index contributed by atoms with van der Waals surface area (Å²) in [6, 6.07) is 5.38. The van der Waals surface area contributed by atoms with Crippen LogP contribution < -0.4 is 14.4 Å². The van der Waals surface area contributed by atoms with Crippen LogP contribution in [0, 0.1) is 5.82 Å². The Balaban J connectivity index is 1.29. The number of carbonyl (C=O) groups is 2. The minimum absolute atomic E-state index is 0.0781. The standard InChI is InChI=1S/C34H44FN7O5/c1-8-41(21(2)3)32(43)25-19-23(35)9-10-27(25)46-31-30(37-20-38-39-31)40-16-12-24(13-17-40)45-28-11-15-36-26-14-18-42(22(4)29(26)28)33(44)47-34(5,6)7/h9-11,15,19-22,24H,8,12-14,16-18H2,1-7H3. The largest absolute Gasteiger partial charge is 0.490 e. The zero-order valence-electron chi connectivity index (χ0n) is 28.2. The van der Waals surface area contributed by atoms with E-state index in [2.05, 4.69) is 20.2 Å². The molecule has 3 aromatic rings. The van der Waals surface area contributed by atoms with Gasteiger partial charge in [-0.3, -0.25) is 9.78 Å². The lowest BCUT2D eigenvalue weighted by Crippen LogP contribution is -2.43. The van der Waals surface area contributed by atoms with Crippen molar-refractivity contribution in [1.82, 2.24) is 30.0 Å². The van der Waals surface area contributed by atoms with Gasteiger partial charge in [0.15, 0.2) is 5.82 Å². The summed E-state index contributed by atoms with van der Waals surface area (Å²) < 4.78 is 32.6. The lowest BCUT2D eigenvalue weighted by molar-refractivity contribution is 0.0153. The highest BCUT2D eigenvalue weighted by atomic mass is 19.1. The zero-order valence-corrected chi connectivity index (χ0v) is 28.2. The van der Waals surface area contributed by atoms with Crippen LogP contribution in [0.25, 0.3) is 0 Å². The molecule has 2 aromatic heterocycles. The molecule has 1 saturated heterocycles. The second-order valence-corrected chi connectivity index (χ2v) is 13.1. The molecule has 0 bridgehead atoms. The molecule has 47 heavy (non-hydrogen) atoms. The number of hydrogen-bond donors (Lipinski definition) is 0. The molecule has 5 rings (SSSR count). The van der Waals surface area contributed by atoms with E-state index in [4.69, 9.17) is 14.2 Å². The highest BCUT2D eigenvalue weighted by Crippen LogP contribution is 2.38. The topological polar surface area (TPSA) is 123 Å². The first-order chi connectivity index (χ1) is 22.4. The van der Waals surface area contributed by atoms with E-state index in [0.717, 1.165) is 17.0 Å². The quantitative estimate of drug-likeness (QED) is 0.288. The van der Waals surface area contributed by atoms with Gasteiger partial charge in [0.25, 0.3) is 11.8 Å². The van der Waals surface area contributed by atoms with Crippen molar-refractivity contribution in [2.24, 2.45) is 0 Å². The number of benzene rings is 1. The number of halogens is 1. The number of rotatable bonds is 8. The van der Waals surface area contributed by atoms with Crippen molar-refractivity contribution < 1.29 is 28.2 Å². The van der Waals surface area contributed by atoms with Gasteiger partial charge in [-0.1, -0.05) is 0 Å². The van der Waals surface area contributed by atoms with Crippen molar-refractivity contribution in [3.05, 3.63) is 59.4 Å². The van der Waals surface area contributed by atoms with Gasteiger partial charge in [0.2, 0.25) is 0 Å². The van der Waals surface area contributed by atoms with Crippen molar-refractivity contribution in [3.63, 3.8) is 0 Å². The Labute approximate surface area is 275 Å². The van der Waals surface area contributed by atoms with Crippen molar-refractivity contribution in [1.29, 1.82) is 0 Å². The smallest absolute Gasteiger partial charge is 0.410 e. The summed E-state index contributed by atoms with van der Waals surface area (Å²) in [5, 5.41) is 8.10. The van der Waals surface area contributed by atoms with Gasteiger partial charge in [-0.2, -0.15) is 0 Å². The second-order valence-electron chi connectivity index (χ2n) is 13.1. The average molecular weight is 650 g/mol. The number of pyridine rings is 1. The van der Waals surface area contributed by atoms with Gasteiger partial charge >= 0.3 is 6.09 Å². The number of carbonyl (C=O) groups excluding carboxylic acids is 2. The summed E-state index contributed by atoms with van der Waals surface area (Å²) in [6.07, 6.45) is 4.65. The third kappa shape index (κ3) is 7.71. The molecule has 0 radical (unpaired) electrons. The fourth-order valence-electron chi connectivity index (χ4n) is 6.06. The Morgan fingerprint density at radius 1 is 1.09 bits per heavy atom. The van der Waals surface area contributed by atoms with Crippen molar-refractivity contribution in [2.75, 3.05) is 31.1 Å². The lowest BCUT2D eigenvalue weighted by atomic mass is 9.97. The molecule has 13 heteroatoms. The summed E-state index contributed by atoms with van der Waals surface area (Å²) in [7, 11) is 0. The first-order valence-electron chi connectivity index (χ1n) is 16.2. The number of anilines is 1. The van der Waals surface area contributed by atoms with E-state index in [0.29, 0.717) is 51.3 Å². The van der Waals surface area contributed by atoms with Gasteiger partial charge in [-0.15, -0.1) is 10.2 Å². The number of fused-ring (bicyclic) bond motifs is 1. The minimum atomic E-state index is -0.591. The Morgan fingerprint density at radius 3 is 2.51 bits per heavy atom. The summed E-state index contributed by atoms with van der Waals surface area (Å²) in [5.41, 5.74) is 1.35. The Hall–Kier alpha value is -4.55. The van der Waals surface area contributed by atoms with Crippen LogP contribution in [-0.2, 0) is 11.2 Å². The molecule has 0 N–H and O–H groups in total. The van der Waals surface area contributed by atoms with Crippen LogP contribution in [0.15, 0.2) is 36.8 Å². The molecule has 1 atom stereocenters. The van der Waals surface area contributed by atoms with Gasteiger partial charge < -0.3 is 28.9 Å².